The number of ether oxygens (including phenoxy) is 2. The minimum Gasteiger partial charge on any atom is -0.497 e. The number of esters is 1. The number of nitrogens with zero attached hydrogens (tertiary/aromatic N) is 1. The lowest BCUT2D eigenvalue weighted by molar-refractivity contribution is 0.0462. The van der Waals surface area contributed by atoms with Gasteiger partial charge in [0.2, 0.25) is 0 Å². The summed E-state index contributed by atoms with van der Waals surface area (Å²) in [4.78, 5) is 11.9. The second kappa shape index (κ2) is 5.88. The molecule has 0 spiro atoms. The number of hydrogen-bond acceptors (Lipinski definition) is 5. The molecule has 0 unspecified atom stereocenters. The van der Waals surface area contributed by atoms with Crippen molar-refractivity contribution >= 4 is 21.9 Å². The van der Waals surface area contributed by atoms with Gasteiger partial charge in [-0.3, -0.25) is 0 Å². The minimum atomic E-state index is -0.452. The number of benzene rings is 1. The Morgan fingerprint density at radius 3 is 2.84 bits per heavy atom. The summed E-state index contributed by atoms with van der Waals surface area (Å²) < 4.78 is 15.8. The zero-order valence-corrected chi connectivity index (χ0v) is 12.1. The molecule has 1 heterocycles. The van der Waals surface area contributed by atoms with E-state index in [1.54, 1.807) is 31.2 Å². The Hall–Kier alpha value is -1.82. The summed E-state index contributed by atoms with van der Waals surface area (Å²) in [5.74, 6) is 0.812. The molecule has 100 valence electrons. The predicted octanol–water partition coefficient (Wildman–Crippen LogP) is 3.11. The fourth-order valence-corrected chi connectivity index (χ4v) is 1.90. The third kappa shape index (κ3) is 3.35. The molecule has 5 nitrogen and oxygen atoms in total. The number of carbonyl (C=O) groups excluding carboxylic acids is 1. The highest BCUT2D eigenvalue weighted by Gasteiger charge is 2.14. The van der Waals surface area contributed by atoms with Gasteiger partial charge in [-0.2, -0.15) is 0 Å². The van der Waals surface area contributed by atoms with Crippen molar-refractivity contribution in [3.63, 3.8) is 0 Å². The molecule has 0 saturated heterocycles. The zero-order chi connectivity index (χ0) is 13.8. The van der Waals surface area contributed by atoms with Crippen LogP contribution in [0.25, 0.3) is 0 Å². The highest BCUT2D eigenvalue weighted by molar-refractivity contribution is 9.10. The molecule has 0 radical (unpaired) electrons. The van der Waals surface area contributed by atoms with Crippen LogP contribution in [0.15, 0.2) is 33.3 Å². The molecule has 0 aliphatic heterocycles. The number of carbonyl (C=O) groups is 1. The van der Waals surface area contributed by atoms with Gasteiger partial charge >= 0.3 is 5.97 Å². The molecule has 1 aromatic carbocycles. The Balaban J connectivity index is 2.07. The Morgan fingerprint density at radius 2 is 2.21 bits per heavy atom. The molecule has 2 aromatic rings. The first-order valence-corrected chi connectivity index (χ1v) is 6.32. The van der Waals surface area contributed by atoms with Crippen LogP contribution in [0, 0.1) is 6.92 Å². The standard InChI is InChI=1S/C13H12BrNO4/c1-8-5-9(15-19-8)7-18-13(16)11-6-10(17-2)3-4-12(11)14/h3-6H,7H2,1-2H3. The van der Waals surface area contributed by atoms with E-state index in [-0.39, 0.29) is 6.61 Å². The summed E-state index contributed by atoms with van der Waals surface area (Å²) in [7, 11) is 1.54. The van der Waals surface area contributed by atoms with E-state index in [4.69, 9.17) is 14.0 Å². The van der Waals surface area contributed by atoms with E-state index < -0.39 is 5.97 Å². The Kier molecular flexibility index (Phi) is 4.21. The molecular formula is C13H12BrNO4. The summed E-state index contributed by atoms with van der Waals surface area (Å²) in [6, 6.07) is 6.81. The molecule has 6 heteroatoms. The van der Waals surface area contributed by atoms with Gasteiger partial charge in [-0.1, -0.05) is 5.16 Å². The van der Waals surface area contributed by atoms with Gasteiger partial charge in [0.05, 0.1) is 12.7 Å². The second-order valence-corrected chi connectivity index (χ2v) is 4.71. The maximum Gasteiger partial charge on any atom is 0.339 e. The third-order valence-electron chi connectivity index (χ3n) is 2.42. The van der Waals surface area contributed by atoms with Crippen molar-refractivity contribution in [2.45, 2.75) is 13.5 Å². The van der Waals surface area contributed by atoms with Gasteiger partial charge in [-0.25, -0.2) is 4.79 Å². The first-order valence-electron chi connectivity index (χ1n) is 5.53. The van der Waals surface area contributed by atoms with E-state index in [2.05, 4.69) is 21.1 Å². The molecule has 0 bridgehead atoms. The highest BCUT2D eigenvalue weighted by atomic mass is 79.9. The van der Waals surface area contributed by atoms with E-state index in [1.807, 2.05) is 0 Å². The fourth-order valence-electron chi connectivity index (χ4n) is 1.49. The molecule has 0 aliphatic rings. The smallest absolute Gasteiger partial charge is 0.339 e. The van der Waals surface area contributed by atoms with Gasteiger partial charge in [0, 0.05) is 10.5 Å². The second-order valence-electron chi connectivity index (χ2n) is 3.85. The molecule has 0 fully saturated rings. The van der Waals surface area contributed by atoms with Crippen LogP contribution in [-0.2, 0) is 11.3 Å². The molecule has 1 aromatic heterocycles. The van der Waals surface area contributed by atoms with E-state index in [1.165, 1.54) is 7.11 Å². The van der Waals surface area contributed by atoms with Crippen molar-refractivity contribution in [1.29, 1.82) is 0 Å². The maximum atomic E-state index is 11.9. The van der Waals surface area contributed by atoms with E-state index in [9.17, 15) is 4.79 Å². The Morgan fingerprint density at radius 1 is 1.42 bits per heavy atom. The summed E-state index contributed by atoms with van der Waals surface area (Å²) >= 11 is 3.30. The molecule has 0 N–H and O–H groups in total. The maximum absolute atomic E-state index is 11.9. The van der Waals surface area contributed by atoms with Gasteiger partial charge in [-0.05, 0) is 41.1 Å². The van der Waals surface area contributed by atoms with Crippen LogP contribution in [0.2, 0.25) is 0 Å². The quantitative estimate of drug-likeness (QED) is 0.808. The van der Waals surface area contributed by atoms with Crippen LogP contribution in [0.4, 0.5) is 0 Å². The largest absolute Gasteiger partial charge is 0.497 e. The lowest BCUT2D eigenvalue weighted by Gasteiger charge is -2.06. The molecule has 0 atom stereocenters. The van der Waals surface area contributed by atoms with Crippen LogP contribution in [0.5, 0.6) is 5.75 Å². The lowest BCUT2D eigenvalue weighted by Crippen LogP contribution is -2.06. The zero-order valence-electron chi connectivity index (χ0n) is 10.5. The molecule has 0 amide bonds. The monoisotopic (exact) mass is 325 g/mol. The van der Waals surface area contributed by atoms with Crippen molar-refractivity contribution in [2.75, 3.05) is 7.11 Å². The summed E-state index contributed by atoms with van der Waals surface area (Å²) in [5, 5.41) is 3.75. The summed E-state index contributed by atoms with van der Waals surface area (Å²) in [6.45, 7) is 1.84. The normalized spacial score (nSPS) is 10.3. The van der Waals surface area contributed by atoms with Crippen LogP contribution in [-0.4, -0.2) is 18.2 Å². The number of aromatic nitrogens is 1. The van der Waals surface area contributed by atoms with Crippen molar-refractivity contribution in [3.8, 4) is 5.75 Å². The van der Waals surface area contributed by atoms with Gasteiger partial charge in [0.1, 0.15) is 23.8 Å². The Labute approximate surface area is 118 Å². The number of methoxy groups -OCH3 is 1. The first-order chi connectivity index (χ1) is 9.10. The number of hydrogen-bond donors (Lipinski definition) is 0. The van der Waals surface area contributed by atoms with Crippen LogP contribution in [0.1, 0.15) is 21.8 Å². The third-order valence-corrected chi connectivity index (χ3v) is 3.11. The average Bonchev–Trinajstić information content (AvgIpc) is 2.82. The average molecular weight is 326 g/mol. The van der Waals surface area contributed by atoms with Gasteiger partial charge in [0.15, 0.2) is 0 Å². The number of aryl methyl sites for hydroxylation is 1. The van der Waals surface area contributed by atoms with E-state index in [0.29, 0.717) is 27.2 Å². The van der Waals surface area contributed by atoms with Crippen molar-refractivity contribution in [1.82, 2.24) is 5.16 Å². The summed E-state index contributed by atoms with van der Waals surface area (Å²) in [5.41, 5.74) is 0.976. The molecule has 0 saturated carbocycles. The summed E-state index contributed by atoms with van der Waals surface area (Å²) in [6.07, 6.45) is 0. The van der Waals surface area contributed by atoms with Crippen molar-refractivity contribution < 1.29 is 18.8 Å². The van der Waals surface area contributed by atoms with Gasteiger partial charge < -0.3 is 14.0 Å². The molecule has 19 heavy (non-hydrogen) atoms. The molecule has 0 aliphatic carbocycles. The van der Waals surface area contributed by atoms with E-state index >= 15 is 0 Å². The van der Waals surface area contributed by atoms with Crippen LogP contribution >= 0.6 is 15.9 Å². The van der Waals surface area contributed by atoms with Crippen LogP contribution < -0.4 is 4.74 Å². The number of halogens is 1. The fraction of sp³-hybridized carbons (Fsp3) is 0.231. The highest BCUT2D eigenvalue weighted by Crippen LogP contribution is 2.23. The van der Waals surface area contributed by atoms with Gasteiger partial charge in [-0.15, -0.1) is 0 Å². The van der Waals surface area contributed by atoms with Gasteiger partial charge in [0.25, 0.3) is 0 Å². The van der Waals surface area contributed by atoms with Crippen molar-refractivity contribution in [2.24, 2.45) is 0 Å². The Bertz CT molecular complexity index is 594. The predicted molar refractivity (Wildman–Crippen MR) is 71.1 cm³/mol. The SMILES string of the molecule is COc1ccc(Br)c(C(=O)OCc2cc(C)on2)c1. The van der Waals surface area contributed by atoms with Crippen molar-refractivity contribution in [3.05, 3.63) is 45.8 Å². The van der Waals surface area contributed by atoms with E-state index in [0.717, 1.165) is 0 Å². The minimum absolute atomic E-state index is 0.0693. The lowest BCUT2D eigenvalue weighted by atomic mass is 10.2. The molecule has 2 rings (SSSR count). The molecular weight excluding hydrogens is 314 g/mol. The first kappa shape index (κ1) is 13.6. The van der Waals surface area contributed by atoms with Crippen LogP contribution in [0.3, 0.4) is 0 Å². The number of rotatable bonds is 4. The topological polar surface area (TPSA) is 61.6 Å².